The van der Waals surface area contributed by atoms with Crippen molar-refractivity contribution < 1.29 is 14.0 Å². The third-order valence-electron chi connectivity index (χ3n) is 3.09. The number of halogens is 1. The summed E-state index contributed by atoms with van der Waals surface area (Å²) in [6.45, 7) is 1.47. The predicted molar refractivity (Wildman–Crippen MR) is 84.6 cm³/mol. The van der Waals surface area contributed by atoms with Crippen LogP contribution in [0.15, 0.2) is 48.5 Å². The van der Waals surface area contributed by atoms with E-state index in [1.54, 1.807) is 31.3 Å². The van der Waals surface area contributed by atoms with E-state index in [-0.39, 0.29) is 11.7 Å². The lowest BCUT2D eigenvalue weighted by Crippen LogP contribution is -2.23. The molecule has 0 aromatic heterocycles. The number of hydrogen-bond donors (Lipinski definition) is 2. The summed E-state index contributed by atoms with van der Waals surface area (Å²) in [5, 5.41) is 5.25. The highest BCUT2D eigenvalue weighted by Crippen LogP contribution is 2.17. The first-order valence-electron chi connectivity index (χ1n) is 6.63. The first-order valence-corrected chi connectivity index (χ1v) is 6.63. The molecule has 0 radical (unpaired) electrons. The van der Waals surface area contributed by atoms with Gasteiger partial charge in [0.2, 0.25) is 5.91 Å². The van der Waals surface area contributed by atoms with Gasteiger partial charge in [-0.2, -0.15) is 0 Å². The fourth-order valence-corrected chi connectivity index (χ4v) is 1.78. The van der Waals surface area contributed by atoms with Crippen molar-refractivity contribution in [1.29, 1.82) is 0 Å². The van der Waals surface area contributed by atoms with Gasteiger partial charge in [0.1, 0.15) is 5.82 Å². The third-order valence-corrected chi connectivity index (χ3v) is 3.09. The summed E-state index contributed by atoms with van der Waals surface area (Å²) in [7, 11) is 1.67. The number of rotatable bonds is 3. The minimum Gasteiger partial charge on any atom is -0.316 e. The number of hydrogen-bond acceptors (Lipinski definition) is 2. The molecule has 2 aromatic carbocycles. The number of nitrogens with zero attached hydrogens (tertiary/aromatic N) is 1. The summed E-state index contributed by atoms with van der Waals surface area (Å²) in [6.07, 6.45) is 0. The van der Waals surface area contributed by atoms with Gasteiger partial charge in [-0.05, 0) is 48.5 Å². The van der Waals surface area contributed by atoms with E-state index in [1.165, 1.54) is 36.1 Å². The van der Waals surface area contributed by atoms with E-state index in [0.29, 0.717) is 11.4 Å². The van der Waals surface area contributed by atoms with Crippen molar-refractivity contribution in [1.82, 2.24) is 0 Å². The fourth-order valence-electron chi connectivity index (χ4n) is 1.78. The Morgan fingerprint density at radius 1 is 0.909 bits per heavy atom. The number of nitrogens with one attached hydrogen (secondary N) is 2. The Bertz CT molecular complexity index is 669. The molecule has 22 heavy (non-hydrogen) atoms. The SMILES string of the molecule is CC(=O)N(C)c1ccc(NC(=O)Nc2ccc(F)cc2)cc1. The Labute approximate surface area is 127 Å². The molecule has 114 valence electrons. The van der Waals surface area contributed by atoms with Crippen LogP contribution in [0.2, 0.25) is 0 Å². The molecular formula is C16H16FN3O2. The second-order valence-corrected chi connectivity index (χ2v) is 4.71. The Balaban J connectivity index is 1.97. The minimum absolute atomic E-state index is 0.0743. The van der Waals surface area contributed by atoms with Crippen molar-refractivity contribution in [3.05, 3.63) is 54.3 Å². The zero-order valence-electron chi connectivity index (χ0n) is 12.3. The summed E-state index contributed by atoms with van der Waals surface area (Å²) in [5.41, 5.74) is 1.81. The van der Waals surface area contributed by atoms with Gasteiger partial charge < -0.3 is 15.5 Å². The highest BCUT2D eigenvalue weighted by molar-refractivity contribution is 6.00. The van der Waals surface area contributed by atoms with Gasteiger partial charge in [-0.1, -0.05) is 0 Å². The molecule has 6 heteroatoms. The quantitative estimate of drug-likeness (QED) is 0.912. The maximum absolute atomic E-state index is 12.8. The number of carbonyl (C=O) groups excluding carboxylic acids is 2. The lowest BCUT2D eigenvalue weighted by molar-refractivity contribution is -0.116. The summed E-state index contributed by atoms with van der Waals surface area (Å²) < 4.78 is 12.8. The average molecular weight is 301 g/mol. The van der Waals surface area contributed by atoms with E-state index in [2.05, 4.69) is 10.6 Å². The Morgan fingerprint density at radius 3 is 1.82 bits per heavy atom. The topological polar surface area (TPSA) is 61.4 Å². The minimum atomic E-state index is -0.431. The van der Waals surface area contributed by atoms with Crippen LogP contribution < -0.4 is 15.5 Å². The molecule has 0 aliphatic carbocycles. The van der Waals surface area contributed by atoms with E-state index < -0.39 is 6.03 Å². The van der Waals surface area contributed by atoms with Crippen LogP contribution in [0.3, 0.4) is 0 Å². The van der Waals surface area contributed by atoms with Crippen LogP contribution in [0.25, 0.3) is 0 Å². The maximum atomic E-state index is 12.8. The second-order valence-electron chi connectivity index (χ2n) is 4.71. The highest BCUT2D eigenvalue weighted by Gasteiger charge is 2.06. The second kappa shape index (κ2) is 6.71. The molecule has 0 aliphatic rings. The van der Waals surface area contributed by atoms with Gasteiger partial charge in [0.25, 0.3) is 0 Å². The van der Waals surface area contributed by atoms with Crippen molar-refractivity contribution in [2.45, 2.75) is 6.92 Å². The van der Waals surface area contributed by atoms with Crippen LogP contribution in [0.4, 0.5) is 26.2 Å². The number of carbonyl (C=O) groups is 2. The molecule has 2 aromatic rings. The third kappa shape index (κ3) is 4.05. The molecule has 3 amide bonds. The number of anilines is 3. The summed E-state index contributed by atoms with van der Waals surface area (Å²) in [5.74, 6) is -0.439. The first kappa shape index (κ1) is 15.5. The lowest BCUT2D eigenvalue weighted by Gasteiger charge is -2.15. The van der Waals surface area contributed by atoms with E-state index in [1.807, 2.05) is 0 Å². The van der Waals surface area contributed by atoms with Gasteiger partial charge in [-0.25, -0.2) is 9.18 Å². The smallest absolute Gasteiger partial charge is 0.316 e. The summed E-state index contributed by atoms with van der Waals surface area (Å²) in [6, 6.07) is 11.9. The standard InChI is InChI=1S/C16H16FN3O2/c1-11(21)20(2)15-9-7-14(8-10-15)19-16(22)18-13-5-3-12(17)4-6-13/h3-10H,1-2H3,(H2,18,19,22). The molecule has 0 saturated carbocycles. The number of amides is 3. The molecule has 0 heterocycles. The molecule has 0 saturated heterocycles. The van der Waals surface area contributed by atoms with E-state index in [9.17, 15) is 14.0 Å². The van der Waals surface area contributed by atoms with Crippen LogP contribution in [0, 0.1) is 5.82 Å². The molecule has 0 atom stereocenters. The fraction of sp³-hybridized carbons (Fsp3) is 0.125. The normalized spacial score (nSPS) is 9.95. The molecule has 0 unspecified atom stereocenters. The summed E-state index contributed by atoms with van der Waals surface area (Å²) >= 11 is 0. The number of urea groups is 1. The molecule has 0 bridgehead atoms. The molecule has 0 aliphatic heterocycles. The van der Waals surface area contributed by atoms with Gasteiger partial charge >= 0.3 is 6.03 Å². The molecular weight excluding hydrogens is 285 g/mol. The molecule has 0 fully saturated rings. The molecule has 0 spiro atoms. The van der Waals surface area contributed by atoms with Crippen molar-refractivity contribution in [2.75, 3.05) is 22.6 Å². The van der Waals surface area contributed by atoms with Gasteiger partial charge in [0, 0.05) is 31.0 Å². The van der Waals surface area contributed by atoms with E-state index in [4.69, 9.17) is 0 Å². The largest absolute Gasteiger partial charge is 0.323 e. The Morgan fingerprint density at radius 2 is 1.36 bits per heavy atom. The van der Waals surface area contributed by atoms with Gasteiger partial charge in [0.05, 0.1) is 0 Å². The van der Waals surface area contributed by atoms with Crippen LogP contribution in [-0.2, 0) is 4.79 Å². The Kier molecular flexibility index (Phi) is 4.73. The maximum Gasteiger partial charge on any atom is 0.323 e. The molecule has 2 N–H and O–H groups in total. The van der Waals surface area contributed by atoms with Crippen molar-refractivity contribution in [3.8, 4) is 0 Å². The van der Waals surface area contributed by atoms with Crippen molar-refractivity contribution in [3.63, 3.8) is 0 Å². The zero-order valence-corrected chi connectivity index (χ0v) is 12.3. The zero-order chi connectivity index (χ0) is 16.1. The van der Waals surface area contributed by atoms with Gasteiger partial charge in [0.15, 0.2) is 0 Å². The first-order chi connectivity index (χ1) is 10.5. The van der Waals surface area contributed by atoms with E-state index >= 15 is 0 Å². The summed E-state index contributed by atoms with van der Waals surface area (Å²) in [4.78, 5) is 24.6. The van der Waals surface area contributed by atoms with Crippen molar-refractivity contribution >= 4 is 29.0 Å². The Hall–Kier alpha value is -2.89. The van der Waals surface area contributed by atoms with Crippen LogP contribution in [0.1, 0.15) is 6.92 Å². The number of benzene rings is 2. The monoisotopic (exact) mass is 301 g/mol. The predicted octanol–water partition coefficient (Wildman–Crippen LogP) is 3.45. The van der Waals surface area contributed by atoms with E-state index in [0.717, 1.165) is 5.69 Å². The average Bonchev–Trinajstić information content (AvgIpc) is 2.49. The van der Waals surface area contributed by atoms with Crippen LogP contribution >= 0.6 is 0 Å². The van der Waals surface area contributed by atoms with Crippen LogP contribution in [-0.4, -0.2) is 19.0 Å². The van der Waals surface area contributed by atoms with Gasteiger partial charge in [-0.15, -0.1) is 0 Å². The molecule has 2 rings (SSSR count). The van der Waals surface area contributed by atoms with Gasteiger partial charge in [-0.3, -0.25) is 4.79 Å². The lowest BCUT2D eigenvalue weighted by atomic mass is 10.2. The van der Waals surface area contributed by atoms with Crippen molar-refractivity contribution in [2.24, 2.45) is 0 Å². The van der Waals surface area contributed by atoms with Crippen LogP contribution in [0.5, 0.6) is 0 Å². The molecule has 5 nitrogen and oxygen atoms in total. The highest BCUT2D eigenvalue weighted by atomic mass is 19.1.